The van der Waals surface area contributed by atoms with Gasteiger partial charge in [-0.25, -0.2) is 4.68 Å². The fourth-order valence-corrected chi connectivity index (χ4v) is 3.39. The lowest BCUT2D eigenvalue weighted by Crippen LogP contribution is -2.38. The van der Waals surface area contributed by atoms with Crippen LogP contribution in [0.2, 0.25) is 0 Å². The standard InChI is InChI=1S/C26H32N4O2/c1-7-29(25(32)21-11-9-8-10-19(21)3)17-24(31)27-23-16-22(26(4,5)6)28-30(23)20-14-12-18(2)13-15-20/h8-16H,7,17H2,1-6H3,(H,27,31). The third-order valence-corrected chi connectivity index (χ3v) is 5.40. The summed E-state index contributed by atoms with van der Waals surface area (Å²) in [5, 5.41) is 7.72. The summed E-state index contributed by atoms with van der Waals surface area (Å²) in [5.41, 5.74) is 4.22. The Morgan fingerprint density at radius 3 is 2.28 bits per heavy atom. The van der Waals surface area contributed by atoms with E-state index in [9.17, 15) is 9.59 Å². The van der Waals surface area contributed by atoms with Crippen LogP contribution in [0, 0.1) is 13.8 Å². The second-order valence-electron chi connectivity index (χ2n) is 9.09. The number of likely N-dealkylation sites (N-methyl/N-ethyl adjacent to an activating group) is 1. The fourth-order valence-electron chi connectivity index (χ4n) is 3.39. The number of aryl methyl sites for hydroxylation is 2. The third kappa shape index (κ3) is 5.25. The van der Waals surface area contributed by atoms with Gasteiger partial charge in [0, 0.05) is 23.6 Å². The molecule has 32 heavy (non-hydrogen) atoms. The molecule has 6 heteroatoms. The molecule has 0 spiro atoms. The number of benzene rings is 2. The van der Waals surface area contributed by atoms with E-state index in [0.717, 1.165) is 22.5 Å². The van der Waals surface area contributed by atoms with Crippen LogP contribution >= 0.6 is 0 Å². The smallest absolute Gasteiger partial charge is 0.254 e. The van der Waals surface area contributed by atoms with Crippen LogP contribution in [-0.4, -0.2) is 39.6 Å². The van der Waals surface area contributed by atoms with Gasteiger partial charge < -0.3 is 10.2 Å². The molecule has 0 atom stereocenters. The van der Waals surface area contributed by atoms with Crippen LogP contribution in [0.4, 0.5) is 5.82 Å². The number of amides is 2. The quantitative estimate of drug-likeness (QED) is 0.603. The van der Waals surface area contributed by atoms with Crippen molar-refractivity contribution in [1.29, 1.82) is 0 Å². The Balaban J connectivity index is 1.84. The van der Waals surface area contributed by atoms with Crippen LogP contribution in [0.3, 0.4) is 0 Å². The Morgan fingerprint density at radius 2 is 1.69 bits per heavy atom. The maximum absolute atomic E-state index is 13.0. The van der Waals surface area contributed by atoms with Crippen LogP contribution in [0.1, 0.15) is 54.9 Å². The van der Waals surface area contributed by atoms with E-state index < -0.39 is 0 Å². The van der Waals surface area contributed by atoms with Crippen molar-refractivity contribution in [2.75, 3.05) is 18.4 Å². The van der Waals surface area contributed by atoms with Crippen molar-refractivity contribution in [3.8, 4) is 5.69 Å². The van der Waals surface area contributed by atoms with Crippen LogP contribution < -0.4 is 5.32 Å². The zero-order chi connectivity index (χ0) is 23.5. The second-order valence-corrected chi connectivity index (χ2v) is 9.09. The molecule has 3 rings (SSSR count). The first-order chi connectivity index (χ1) is 15.1. The van der Waals surface area contributed by atoms with E-state index in [0.29, 0.717) is 17.9 Å². The van der Waals surface area contributed by atoms with E-state index in [-0.39, 0.29) is 23.8 Å². The lowest BCUT2D eigenvalue weighted by atomic mass is 9.92. The predicted molar refractivity (Wildman–Crippen MR) is 128 cm³/mol. The van der Waals surface area contributed by atoms with Crippen molar-refractivity contribution in [3.63, 3.8) is 0 Å². The Kier molecular flexibility index (Phi) is 6.82. The van der Waals surface area contributed by atoms with Gasteiger partial charge in [0.15, 0.2) is 0 Å². The highest BCUT2D eigenvalue weighted by Gasteiger charge is 2.23. The Labute approximate surface area is 190 Å². The van der Waals surface area contributed by atoms with Crippen molar-refractivity contribution in [1.82, 2.24) is 14.7 Å². The van der Waals surface area contributed by atoms with E-state index in [1.54, 1.807) is 15.6 Å². The molecule has 0 unspecified atom stereocenters. The fraction of sp³-hybridized carbons (Fsp3) is 0.346. The minimum absolute atomic E-state index is 0.0341. The highest BCUT2D eigenvalue weighted by Crippen LogP contribution is 2.26. The molecule has 0 saturated heterocycles. The van der Waals surface area contributed by atoms with Crippen molar-refractivity contribution in [2.24, 2.45) is 0 Å². The summed E-state index contributed by atoms with van der Waals surface area (Å²) in [4.78, 5) is 27.5. The summed E-state index contributed by atoms with van der Waals surface area (Å²) in [7, 11) is 0. The zero-order valence-corrected chi connectivity index (χ0v) is 19.8. The average Bonchev–Trinajstić information content (AvgIpc) is 3.16. The van der Waals surface area contributed by atoms with Crippen LogP contribution in [0.15, 0.2) is 54.6 Å². The molecular formula is C26H32N4O2. The Bertz CT molecular complexity index is 1110. The molecule has 1 heterocycles. The Morgan fingerprint density at radius 1 is 1.03 bits per heavy atom. The van der Waals surface area contributed by atoms with Crippen LogP contribution in [-0.2, 0) is 10.2 Å². The summed E-state index contributed by atoms with van der Waals surface area (Å²) < 4.78 is 1.75. The number of aromatic nitrogens is 2. The molecule has 2 amide bonds. The van der Waals surface area contributed by atoms with E-state index in [2.05, 4.69) is 26.1 Å². The largest absolute Gasteiger partial charge is 0.330 e. The molecule has 0 aliphatic rings. The van der Waals surface area contributed by atoms with Gasteiger partial charge in [0.25, 0.3) is 5.91 Å². The predicted octanol–water partition coefficient (Wildman–Crippen LogP) is 4.89. The molecule has 1 aromatic heterocycles. The number of carbonyl (C=O) groups is 2. The summed E-state index contributed by atoms with van der Waals surface area (Å²) in [5.74, 6) is 0.175. The van der Waals surface area contributed by atoms with Gasteiger partial charge in [-0.15, -0.1) is 0 Å². The molecule has 168 valence electrons. The van der Waals surface area contributed by atoms with Crippen LogP contribution in [0.5, 0.6) is 0 Å². The molecule has 1 N–H and O–H groups in total. The molecule has 0 bridgehead atoms. The first-order valence-electron chi connectivity index (χ1n) is 10.9. The van der Waals surface area contributed by atoms with Crippen molar-refractivity contribution < 1.29 is 9.59 Å². The number of hydrogen-bond donors (Lipinski definition) is 1. The van der Waals surface area contributed by atoms with E-state index in [1.807, 2.05) is 69.3 Å². The summed E-state index contributed by atoms with van der Waals surface area (Å²) in [6.45, 7) is 12.5. The topological polar surface area (TPSA) is 67.2 Å². The molecule has 0 aliphatic heterocycles. The SMILES string of the molecule is CCN(CC(=O)Nc1cc(C(C)(C)C)nn1-c1ccc(C)cc1)C(=O)c1ccccc1C. The van der Waals surface area contributed by atoms with Gasteiger partial charge in [0.05, 0.1) is 11.4 Å². The number of hydrogen-bond acceptors (Lipinski definition) is 3. The number of rotatable bonds is 6. The highest BCUT2D eigenvalue weighted by atomic mass is 16.2. The first-order valence-corrected chi connectivity index (χ1v) is 10.9. The lowest BCUT2D eigenvalue weighted by Gasteiger charge is -2.21. The minimum atomic E-state index is -0.262. The third-order valence-electron chi connectivity index (χ3n) is 5.40. The molecule has 0 radical (unpaired) electrons. The summed E-state index contributed by atoms with van der Waals surface area (Å²) in [6, 6.07) is 17.3. The van der Waals surface area contributed by atoms with Crippen molar-refractivity contribution in [2.45, 2.75) is 47.0 Å². The van der Waals surface area contributed by atoms with Gasteiger partial charge in [-0.2, -0.15) is 5.10 Å². The van der Waals surface area contributed by atoms with E-state index in [1.165, 1.54) is 0 Å². The van der Waals surface area contributed by atoms with Gasteiger partial charge in [-0.3, -0.25) is 9.59 Å². The minimum Gasteiger partial charge on any atom is -0.330 e. The average molecular weight is 433 g/mol. The van der Waals surface area contributed by atoms with Crippen molar-refractivity contribution >= 4 is 17.6 Å². The monoisotopic (exact) mass is 432 g/mol. The molecule has 3 aromatic rings. The molecule has 0 saturated carbocycles. The maximum Gasteiger partial charge on any atom is 0.254 e. The molecule has 2 aromatic carbocycles. The summed E-state index contributed by atoms with van der Waals surface area (Å²) in [6.07, 6.45) is 0. The van der Waals surface area contributed by atoms with Gasteiger partial charge in [-0.05, 0) is 44.5 Å². The maximum atomic E-state index is 13.0. The highest BCUT2D eigenvalue weighted by molar-refractivity contribution is 6.00. The van der Waals surface area contributed by atoms with E-state index >= 15 is 0 Å². The molecular weight excluding hydrogens is 400 g/mol. The van der Waals surface area contributed by atoms with Crippen LogP contribution in [0.25, 0.3) is 5.69 Å². The lowest BCUT2D eigenvalue weighted by molar-refractivity contribution is -0.116. The normalized spacial score (nSPS) is 11.3. The molecule has 0 fully saturated rings. The molecule has 0 aliphatic carbocycles. The van der Waals surface area contributed by atoms with Gasteiger partial charge in [-0.1, -0.05) is 56.7 Å². The number of anilines is 1. The van der Waals surface area contributed by atoms with E-state index in [4.69, 9.17) is 5.10 Å². The molecule has 6 nitrogen and oxygen atoms in total. The number of nitrogens with zero attached hydrogens (tertiary/aromatic N) is 3. The zero-order valence-electron chi connectivity index (χ0n) is 19.8. The van der Waals surface area contributed by atoms with Gasteiger partial charge in [0.1, 0.15) is 12.4 Å². The van der Waals surface area contributed by atoms with Gasteiger partial charge in [0.2, 0.25) is 5.91 Å². The summed E-state index contributed by atoms with van der Waals surface area (Å²) >= 11 is 0. The first kappa shape index (κ1) is 23.3. The number of carbonyl (C=O) groups excluding carboxylic acids is 2. The number of nitrogens with one attached hydrogen (secondary N) is 1. The Hall–Kier alpha value is -3.41. The van der Waals surface area contributed by atoms with Gasteiger partial charge >= 0.3 is 0 Å². The van der Waals surface area contributed by atoms with Crippen molar-refractivity contribution in [3.05, 3.63) is 77.0 Å². The second kappa shape index (κ2) is 9.39.